The van der Waals surface area contributed by atoms with Crippen LogP contribution >= 0.6 is 12.2 Å². The fourth-order valence-electron chi connectivity index (χ4n) is 2.10. The molecule has 0 atom stereocenters. The van der Waals surface area contributed by atoms with E-state index in [1.54, 1.807) is 13.1 Å². The summed E-state index contributed by atoms with van der Waals surface area (Å²) in [6.07, 6.45) is 0. The lowest BCUT2D eigenvalue weighted by Gasteiger charge is -2.23. The number of nitrogens with zero attached hydrogens (tertiary/aromatic N) is 1. The summed E-state index contributed by atoms with van der Waals surface area (Å²) in [5.41, 5.74) is 0.831. The molecule has 0 aliphatic heterocycles. The number of rotatable bonds is 3. The second-order valence-corrected chi connectivity index (χ2v) is 5.53. The standard InChI is InChI=1S/C13H16FN3OS/c1-13(2,11(18)15-3)7-17-10-5-4-8(14)6-9(10)16-12(17)19/h4-6H,7H2,1-3H3,(H,15,18)(H,16,19). The van der Waals surface area contributed by atoms with E-state index in [1.807, 2.05) is 18.4 Å². The van der Waals surface area contributed by atoms with Crippen molar-refractivity contribution in [3.8, 4) is 0 Å². The van der Waals surface area contributed by atoms with Crippen LogP contribution in [0.2, 0.25) is 0 Å². The molecule has 0 spiro atoms. The minimum atomic E-state index is -0.601. The van der Waals surface area contributed by atoms with Crippen molar-refractivity contribution in [2.75, 3.05) is 7.05 Å². The van der Waals surface area contributed by atoms with Gasteiger partial charge >= 0.3 is 0 Å². The van der Waals surface area contributed by atoms with Crippen molar-refractivity contribution in [1.29, 1.82) is 0 Å². The molecular weight excluding hydrogens is 265 g/mol. The molecule has 0 aliphatic carbocycles. The van der Waals surface area contributed by atoms with Gasteiger partial charge in [-0.3, -0.25) is 4.79 Å². The Hall–Kier alpha value is -1.69. The molecule has 6 heteroatoms. The van der Waals surface area contributed by atoms with E-state index in [1.165, 1.54) is 12.1 Å². The number of halogens is 1. The summed E-state index contributed by atoms with van der Waals surface area (Å²) in [6.45, 7) is 4.11. The van der Waals surface area contributed by atoms with Crippen LogP contribution in [0.4, 0.5) is 4.39 Å². The van der Waals surface area contributed by atoms with E-state index in [4.69, 9.17) is 12.2 Å². The van der Waals surface area contributed by atoms with Crippen molar-refractivity contribution in [2.45, 2.75) is 20.4 Å². The van der Waals surface area contributed by atoms with Gasteiger partial charge < -0.3 is 14.9 Å². The van der Waals surface area contributed by atoms with Gasteiger partial charge in [0.1, 0.15) is 5.82 Å². The van der Waals surface area contributed by atoms with Gasteiger partial charge in [-0.15, -0.1) is 0 Å². The van der Waals surface area contributed by atoms with Crippen LogP contribution in [-0.2, 0) is 11.3 Å². The van der Waals surface area contributed by atoms with E-state index in [-0.39, 0.29) is 11.7 Å². The van der Waals surface area contributed by atoms with Gasteiger partial charge in [-0.2, -0.15) is 0 Å². The van der Waals surface area contributed by atoms with E-state index in [9.17, 15) is 9.18 Å². The summed E-state index contributed by atoms with van der Waals surface area (Å²) in [5, 5.41) is 2.64. The normalized spacial score (nSPS) is 11.8. The zero-order valence-electron chi connectivity index (χ0n) is 11.1. The first-order valence-electron chi connectivity index (χ1n) is 5.95. The molecular formula is C13H16FN3OS. The van der Waals surface area contributed by atoms with Crippen molar-refractivity contribution < 1.29 is 9.18 Å². The third-order valence-corrected chi connectivity index (χ3v) is 3.45. The summed E-state index contributed by atoms with van der Waals surface area (Å²) in [6, 6.07) is 4.44. The number of nitrogens with one attached hydrogen (secondary N) is 2. The predicted octanol–water partition coefficient (Wildman–Crippen LogP) is 2.61. The summed E-state index contributed by atoms with van der Waals surface area (Å²) in [5.74, 6) is -0.382. The van der Waals surface area contributed by atoms with E-state index < -0.39 is 5.41 Å². The molecule has 0 bridgehead atoms. The maximum absolute atomic E-state index is 13.2. The molecule has 0 unspecified atom stereocenters. The van der Waals surface area contributed by atoms with Crippen LogP contribution in [0.3, 0.4) is 0 Å². The van der Waals surface area contributed by atoms with Gasteiger partial charge in [-0.1, -0.05) is 0 Å². The third kappa shape index (κ3) is 2.53. The van der Waals surface area contributed by atoms with Crippen molar-refractivity contribution in [3.05, 3.63) is 28.8 Å². The summed E-state index contributed by atoms with van der Waals surface area (Å²) >= 11 is 5.24. The minimum Gasteiger partial charge on any atom is -0.359 e. The number of fused-ring (bicyclic) bond motifs is 1. The fourth-order valence-corrected chi connectivity index (χ4v) is 2.37. The topological polar surface area (TPSA) is 49.8 Å². The van der Waals surface area contributed by atoms with Crippen LogP contribution in [-0.4, -0.2) is 22.5 Å². The van der Waals surface area contributed by atoms with Gasteiger partial charge in [0.05, 0.1) is 16.4 Å². The van der Waals surface area contributed by atoms with Gasteiger partial charge in [-0.25, -0.2) is 4.39 Å². The number of carbonyl (C=O) groups is 1. The number of benzene rings is 1. The minimum absolute atomic E-state index is 0.0640. The molecule has 1 aromatic heterocycles. The summed E-state index contributed by atoms with van der Waals surface area (Å²) < 4.78 is 15.5. The number of aromatic nitrogens is 2. The molecule has 1 aromatic carbocycles. The molecule has 2 rings (SSSR count). The van der Waals surface area contributed by atoms with E-state index in [0.29, 0.717) is 16.8 Å². The lowest BCUT2D eigenvalue weighted by molar-refractivity contribution is -0.129. The third-order valence-electron chi connectivity index (χ3n) is 3.13. The Balaban J connectivity index is 2.49. The molecule has 0 saturated heterocycles. The zero-order valence-corrected chi connectivity index (χ0v) is 11.9. The lowest BCUT2D eigenvalue weighted by Crippen LogP contribution is -2.37. The molecule has 4 nitrogen and oxygen atoms in total. The summed E-state index contributed by atoms with van der Waals surface area (Å²) in [4.78, 5) is 14.8. The Morgan fingerprint density at radius 1 is 1.53 bits per heavy atom. The van der Waals surface area contributed by atoms with Crippen molar-refractivity contribution in [3.63, 3.8) is 0 Å². The van der Waals surface area contributed by atoms with E-state index >= 15 is 0 Å². The smallest absolute Gasteiger partial charge is 0.227 e. The first-order chi connectivity index (χ1) is 8.85. The molecule has 2 aromatic rings. The first-order valence-corrected chi connectivity index (χ1v) is 6.36. The lowest BCUT2D eigenvalue weighted by atomic mass is 9.92. The summed E-state index contributed by atoms with van der Waals surface area (Å²) in [7, 11) is 1.61. The maximum Gasteiger partial charge on any atom is 0.227 e. The highest BCUT2D eigenvalue weighted by atomic mass is 32.1. The Bertz CT molecular complexity index is 687. The molecule has 0 saturated carbocycles. The maximum atomic E-state index is 13.2. The molecule has 2 N–H and O–H groups in total. The van der Waals surface area contributed by atoms with Crippen molar-refractivity contribution >= 4 is 29.2 Å². The van der Waals surface area contributed by atoms with Crippen LogP contribution in [0.15, 0.2) is 18.2 Å². The largest absolute Gasteiger partial charge is 0.359 e. The Morgan fingerprint density at radius 3 is 2.84 bits per heavy atom. The highest BCUT2D eigenvalue weighted by Gasteiger charge is 2.28. The number of hydrogen-bond acceptors (Lipinski definition) is 2. The van der Waals surface area contributed by atoms with Crippen LogP contribution < -0.4 is 5.32 Å². The average Bonchev–Trinajstić information content (AvgIpc) is 2.63. The Morgan fingerprint density at radius 2 is 2.21 bits per heavy atom. The fraction of sp³-hybridized carbons (Fsp3) is 0.385. The van der Waals surface area contributed by atoms with Crippen molar-refractivity contribution in [2.24, 2.45) is 5.41 Å². The number of aromatic amines is 1. The van der Waals surface area contributed by atoms with Crippen LogP contribution in [0.5, 0.6) is 0 Å². The highest BCUT2D eigenvalue weighted by Crippen LogP contribution is 2.23. The molecule has 0 radical (unpaired) electrons. The van der Waals surface area contributed by atoms with E-state index in [2.05, 4.69) is 10.3 Å². The van der Waals surface area contributed by atoms with Crippen LogP contribution in [0.25, 0.3) is 11.0 Å². The van der Waals surface area contributed by atoms with Gasteiger partial charge in [0.25, 0.3) is 0 Å². The Labute approximate surface area is 115 Å². The number of hydrogen-bond donors (Lipinski definition) is 2. The molecule has 1 heterocycles. The monoisotopic (exact) mass is 281 g/mol. The second-order valence-electron chi connectivity index (χ2n) is 5.14. The zero-order chi connectivity index (χ0) is 14.2. The molecule has 102 valence electrons. The van der Waals surface area contributed by atoms with Gasteiger partial charge in [0.15, 0.2) is 4.77 Å². The van der Waals surface area contributed by atoms with Crippen LogP contribution in [0.1, 0.15) is 13.8 Å². The van der Waals surface area contributed by atoms with Gasteiger partial charge in [0, 0.05) is 13.6 Å². The quantitative estimate of drug-likeness (QED) is 0.850. The van der Waals surface area contributed by atoms with Crippen LogP contribution in [0, 0.1) is 16.0 Å². The molecule has 0 fully saturated rings. The first kappa shape index (κ1) is 13.7. The van der Waals surface area contributed by atoms with Crippen molar-refractivity contribution in [1.82, 2.24) is 14.9 Å². The number of amides is 1. The Kier molecular flexibility index (Phi) is 3.45. The predicted molar refractivity (Wildman–Crippen MR) is 74.9 cm³/mol. The van der Waals surface area contributed by atoms with E-state index in [0.717, 1.165) is 5.52 Å². The molecule has 1 amide bonds. The highest BCUT2D eigenvalue weighted by molar-refractivity contribution is 7.71. The molecule has 0 aliphatic rings. The number of H-pyrrole nitrogens is 1. The van der Waals surface area contributed by atoms with Gasteiger partial charge in [0.2, 0.25) is 5.91 Å². The number of carbonyl (C=O) groups excluding carboxylic acids is 1. The van der Waals surface area contributed by atoms with Gasteiger partial charge in [-0.05, 0) is 44.3 Å². The number of imidazole rings is 1. The second kappa shape index (κ2) is 4.77. The average molecular weight is 281 g/mol. The molecule has 19 heavy (non-hydrogen) atoms. The SMILES string of the molecule is CNC(=O)C(C)(C)Cn1c(=S)[nH]c2cc(F)ccc21.